The number of methoxy groups -OCH3 is 1. The topological polar surface area (TPSA) is 37.3 Å². The van der Waals surface area contributed by atoms with Gasteiger partial charge in [-0.1, -0.05) is 30.3 Å². The van der Waals surface area contributed by atoms with E-state index >= 15 is 0 Å². The number of rotatable bonds is 2. The van der Waals surface area contributed by atoms with Crippen molar-refractivity contribution in [2.45, 2.75) is 31.0 Å². The molecule has 27 heavy (non-hydrogen) atoms. The molecule has 2 aromatic rings. The van der Waals surface area contributed by atoms with E-state index in [1.807, 2.05) is 12.1 Å². The second kappa shape index (κ2) is 6.27. The summed E-state index contributed by atoms with van der Waals surface area (Å²) < 4.78 is 12.0. The van der Waals surface area contributed by atoms with Gasteiger partial charge in [-0.3, -0.25) is 0 Å². The molecule has 0 saturated carbocycles. The largest absolute Gasteiger partial charge is 0.497 e. The molecular formula is C22H25N3O2. The second-order valence-electron chi connectivity index (χ2n) is 7.73. The second-order valence-corrected chi connectivity index (χ2v) is 7.73. The summed E-state index contributed by atoms with van der Waals surface area (Å²) in [5.74, 6) is 1.89. The normalized spacial score (nSPS) is 23.4. The van der Waals surface area contributed by atoms with E-state index in [2.05, 4.69) is 53.4 Å². The number of likely N-dealkylation sites (tertiary alicyclic amines) is 1. The third kappa shape index (κ3) is 2.69. The zero-order valence-electron chi connectivity index (χ0n) is 15.9. The molecule has 1 spiro atoms. The van der Waals surface area contributed by atoms with E-state index in [4.69, 9.17) is 14.6 Å². The van der Waals surface area contributed by atoms with Crippen LogP contribution in [-0.2, 0) is 0 Å². The van der Waals surface area contributed by atoms with Crippen LogP contribution in [-0.4, -0.2) is 48.6 Å². The van der Waals surface area contributed by atoms with E-state index < -0.39 is 0 Å². The average molecular weight is 363 g/mol. The molecule has 3 heterocycles. The first-order valence-electron chi connectivity index (χ1n) is 9.66. The summed E-state index contributed by atoms with van der Waals surface area (Å²) >= 11 is 0. The number of hydrogen-bond acceptors (Lipinski definition) is 5. The van der Waals surface area contributed by atoms with Gasteiger partial charge in [-0.25, -0.2) is 5.01 Å². The van der Waals surface area contributed by atoms with Gasteiger partial charge in [-0.2, -0.15) is 5.10 Å². The number of benzene rings is 2. The van der Waals surface area contributed by atoms with Crippen LogP contribution in [0.1, 0.15) is 36.4 Å². The molecule has 5 heteroatoms. The van der Waals surface area contributed by atoms with E-state index in [0.29, 0.717) is 0 Å². The highest BCUT2D eigenvalue weighted by Gasteiger charge is 2.51. The minimum Gasteiger partial charge on any atom is -0.497 e. The molecule has 0 aliphatic carbocycles. The summed E-state index contributed by atoms with van der Waals surface area (Å²) in [4.78, 5) is 2.37. The van der Waals surface area contributed by atoms with Crippen molar-refractivity contribution in [2.24, 2.45) is 5.10 Å². The van der Waals surface area contributed by atoms with Gasteiger partial charge in [0.05, 0.1) is 18.9 Å². The van der Waals surface area contributed by atoms with Crippen LogP contribution in [0.4, 0.5) is 0 Å². The Morgan fingerprint density at radius 3 is 2.74 bits per heavy atom. The third-order valence-corrected chi connectivity index (χ3v) is 6.08. The van der Waals surface area contributed by atoms with Crippen LogP contribution in [0.25, 0.3) is 0 Å². The first-order chi connectivity index (χ1) is 13.2. The summed E-state index contributed by atoms with van der Waals surface area (Å²) in [6.45, 7) is 2.05. The Bertz CT molecular complexity index is 887. The number of hydrogen-bond donors (Lipinski definition) is 0. The Kier molecular flexibility index (Phi) is 3.86. The fourth-order valence-electron chi connectivity index (χ4n) is 4.50. The van der Waals surface area contributed by atoms with Crippen LogP contribution >= 0.6 is 0 Å². The SMILES string of the molecule is COc1cccc(C2=NN3[C@H](C2)c2ccccc2OC32CCN(C)CC2)c1. The van der Waals surface area contributed by atoms with Crippen molar-refractivity contribution in [3.63, 3.8) is 0 Å². The predicted molar refractivity (Wildman–Crippen MR) is 105 cm³/mol. The Hall–Kier alpha value is -2.53. The molecule has 5 rings (SSSR count). The first kappa shape index (κ1) is 16.6. The highest BCUT2D eigenvalue weighted by Crippen LogP contribution is 2.49. The monoisotopic (exact) mass is 363 g/mol. The van der Waals surface area contributed by atoms with Crippen LogP contribution in [0, 0.1) is 0 Å². The molecule has 0 aromatic heterocycles. The van der Waals surface area contributed by atoms with E-state index in [9.17, 15) is 0 Å². The Morgan fingerprint density at radius 1 is 1.11 bits per heavy atom. The number of nitrogens with zero attached hydrogens (tertiary/aromatic N) is 3. The van der Waals surface area contributed by atoms with Crippen molar-refractivity contribution in [3.05, 3.63) is 59.7 Å². The number of ether oxygens (including phenoxy) is 2. The minimum absolute atomic E-state index is 0.236. The van der Waals surface area contributed by atoms with Gasteiger partial charge in [0.25, 0.3) is 0 Å². The maximum atomic E-state index is 6.62. The Balaban J connectivity index is 1.57. The quantitative estimate of drug-likeness (QED) is 0.816. The van der Waals surface area contributed by atoms with Crippen molar-refractivity contribution in [3.8, 4) is 11.5 Å². The lowest BCUT2D eigenvalue weighted by molar-refractivity contribution is -0.147. The highest BCUT2D eigenvalue weighted by atomic mass is 16.5. The van der Waals surface area contributed by atoms with Crippen LogP contribution in [0.3, 0.4) is 0 Å². The van der Waals surface area contributed by atoms with Gasteiger partial charge in [-0.05, 0) is 25.2 Å². The van der Waals surface area contributed by atoms with Gasteiger partial charge >= 0.3 is 0 Å². The van der Waals surface area contributed by atoms with Crippen LogP contribution in [0.15, 0.2) is 53.6 Å². The maximum absolute atomic E-state index is 6.62. The van der Waals surface area contributed by atoms with Crippen LogP contribution in [0.2, 0.25) is 0 Å². The summed E-state index contributed by atoms with van der Waals surface area (Å²) in [6, 6.07) is 16.9. The first-order valence-corrected chi connectivity index (χ1v) is 9.66. The van der Waals surface area contributed by atoms with Crippen LogP contribution in [0.5, 0.6) is 11.5 Å². The molecule has 0 N–H and O–H groups in total. The van der Waals surface area contributed by atoms with Crippen LogP contribution < -0.4 is 9.47 Å². The molecule has 0 radical (unpaired) electrons. The predicted octanol–water partition coefficient (Wildman–Crippen LogP) is 3.66. The zero-order valence-corrected chi connectivity index (χ0v) is 15.9. The number of para-hydroxylation sites is 1. The van der Waals surface area contributed by atoms with E-state index in [0.717, 1.165) is 55.1 Å². The van der Waals surface area contributed by atoms with Gasteiger partial charge in [0.15, 0.2) is 0 Å². The lowest BCUT2D eigenvalue weighted by Gasteiger charge is -2.50. The number of hydrazone groups is 1. The molecule has 5 nitrogen and oxygen atoms in total. The maximum Gasteiger partial charge on any atom is 0.200 e. The Labute approximate surface area is 160 Å². The lowest BCUT2D eigenvalue weighted by Crippen LogP contribution is -2.58. The molecule has 2 aromatic carbocycles. The molecule has 3 aliphatic rings. The minimum atomic E-state index is -0.341. The molecule has 1 fully saturated rings. The standard InChI is InChI=1S/C22H25N3O2/c1-24-12-10-22(11-13-24)25-20(18-8-3-4-9-21(18)27-22)15-19(23-25)16-6-5-7-17(14-16)26-2/h3-9,14,20H,10-13,15H2,1-2H3/t20-/m1/s1. The van der Waals surface area contributed by atoms with Gasteiger partial charge in [-0.15, -0.1) is 0 Å². The van der Waals surface area contributed by atoms with E-state index in [-0.39, 0.29) is 11.8 Å². The fourth-order valence-corrected chi connectivity index (χ4v) is 4.50. The molecule has 1 saturated heterocycles. The molecular weight excluding hydrogens is 338 g/mol. The zero-order chi connectivity index (χ0) is 18.4. The molecule has 3 aliphatic heterocycles. The fraction of sp³-hybridized carbons (Fsp3) is 0.409. The molecule has 0 unspecified atom stereocenters. The Morgan fingerprint density at radius 2 is 1.93 bits per heavy atom. The highest BCUT2D eigenvalue weighted by molar-refractivity contribution is 6.02. The number of fused-ring (bicyclic) bond motifs is 4. The van der Waals surface area contributed by atoms with E-state index in [1.165, 1.54) is 5.56 Å². The number of piperidine rings is 1. The van der Waals surface area contributed by atoms with Crippen molar-refractivity contribution < 1.29 is 9.47 Å². The molecule has 140 valence electrons. The molecule has 0 amide bonds. The van der Waals surface area contributed by atoms with Gasteiger partial charge < -0.3 is 14.4 Å². The smallest absolute Gasteiger partial charge is 0.200 e. The van der Waals surface area contributed by atoms with Gasteiger partial charge in [0.2, 0.25) is 5.72 Å². The van der Waals surface area contributed by atoms with Crippen molar-refractivity contribution in [1.29, 1.82) is 0 Å². The average Bonchev–Trinajstić information content (AvgIpc) is 3.17. The summed E-state index contributed by atoms with van der Waals surface area (Å²) in [5, 5.41) is 7.37. The van der Waals surface area contributed by atoms with Gasteiger partial charge in [0, 0.05) is 43.5 Å². The molecule has 1 atom stereocenters. The van der Waals surface area contributed by atoms with Crippen molar-refractivity contribution in [2.75, 3.05) is 27.2 Å². The third-order valence-electron chi connectivity index (χ3n) is 6.08. The summed E-state index contributed by atoms with van der Waals surface area (Å²) in [6.07, 6.45) is 2.82. The lowest BCUT2D eigenvalue weighted by atomic mass is 9.91. The van der Waals surface area contributed by atoms with E-state index in [1.54, 1.807) is 7.11 Å². The van der Waals surface area contributed by atoms with Crippen molar-refractivity contribution >= 4 is 5.71 Å². The van der Waals surface area contributed by atoms with Crippen molar-refractivity contribution in [1.82, 2.24) is 9.91 Å². The summed E-state index contributed by atoms with van der Waals surface area (Å²) in [5.41, 5.74) is 3.14. The summed E-state index contributed by atoms with van der Waals surface area (Å²) in [7, 11) is 3.88. The molecule has 0 bridgehead atoms. The van der Waals surface area contributed by atoms with Gasteiger partial charge in [0.1, 0.15) is 11.5 Å².